The zero-order valence-electron chi connectivity index (χ0n) is 10.6. The molecule has 20 heavy (non-hydrogen) atoms. The SMILES string of the molecule is CC(Cn1ccnc1)NS(=O)(=O)c1cccc(Cl)c1Cl. The first-order valence-electron chi connectivity index (χ1n) is 5.82. The van der Waals surface area contributed by atoms with Gasteiger partial charge in [0.15, 0.2) is 0 Å². The first kappa shape index (κ1) is 15.3. The number of nitrogens with zero attached hydrogens (tertiary/aromatic N) is 2. The van der Waals surface area contributed by atoms with Crippen LogP contribution >= 0.6 is 23.2 Å². The molecule has 0 aliphatic heterocycles. The molecule has 1 atom stereocenters. The van der Waals surface area contributed by atoms with Crippen molar-refractivity contribution in [2.75, 3.05) is 0 Å². The van der Waals surface area contributed by atoms with Crippen molar-refractivity contribution in [1.82, 2.24) is 14.3 Å². The van der Waals surface area contributed by atoms with Crippen LogP contribution in [-0.2, 0) is 16.6 Å². The first-order chi connectivity index (χ1) is 9.40. The molecule has 8 heteroatoms. The molecule has 1 N–H and O–H groups in total. The maximum Gasteiger partial charge on any atom is 0.242 e. The Labute approximate surface area is 127 Å². The number of hydrogen-bond acceptors (Lipinski definition) is 3. The molecule has 2 aromatic rings. The standard InChI is InChI=1S/C12H13Cl2N3O2S/c1-9(7-17-6-5-15-8-17)16-20(18,19)11-4-2-3-10(13)12(11)14/h2-6,8-9,16H,7H2,1H3. The lowest BCUT2D eigenvalue weighted by Crippen LogP contribution is -2.35. The fraction of sp³-hybridized carbons (Fsp3) is 0.250. The van der Waals surface area contributed by atoms with Crippen molar-refractivity contribution < 1.29 is 8.42 Å². The van der Waals surface area contributed by atoms with Gasteiger partial charge in [-0.05, 0) is 19.1 Å². The summed E-state index contributed by atoms with van der Waals surface area (Å²) in [6.45, 7) is 2.23. The average Bonchev–Trinajstić information content (AvgIpc) is 2.84. The Balaban J connectivity index is 2.16. The van der Waals surface area contributed by atoms with E-state index >= 15 is 0 Å². The normalized spacial score (nSPS) is 13.3. The molecule has 0 aliphatic carbocycles. The summed E-state index contributed by atoms with van der Waals surface area (Å²) in [7, 11) is -3.72. The lowest BCUT2D eigenvalue weighted by Gasteiger charge is -2.15. The van der Waals surface area contributed by atoms with E-state index in [1.807, 2.05) is 0 Å². The molecule has 0 aliphatic rings. The van der Waals surface area contributed by atoms with Gasteiger partial charge in [-0.1, -0.05) is 29.3 Å². The lowest BCUT2D eigenvalue weighted by atomic mass is 10.4. The van der Waals surface area contributed by atoms with Crippen molar-refractivity contribution in [3.05, 3.63) is 47.0 Å². The fourth-order valence-electron chi connectivity index (χ4n) is 1.77. The summed E-state index contributed by atoms with van der Waals surface area (Å²) in [5, 5.41) is 0.230. The molecule has 0 amide bonds. The number of hydrogen-bond donors (Lipinski definition) is 1. The minimum Gasteiger partial charge on any atom is -0.336 e. The summed E-state index contributed by atoms with van der Waals surface area (Å²) in [5.74, 6) is 0. The third-order valence-electron chi connectivity index (χ3n) is 2.61. The van der Waals surface area contributed by atoms with E-state index in [0.29, 0.717) is 6.54 Å². The van der Waals surface area contributed by atoms with E-state index in [1.54, 1.807) is 36.3 Å². The monoisotopic (exact) mass is 333 g/mol. The molecule has 0 bridgehead atoms. The van der Waals surface area contributed by atoms with Crippen molar-refractivity contribution in [3.63, 3.8) is 0 Å². The Kier molecular flexibility index (Phi) is 4.70. The molecule has 0 spiro atoms. The number of nitrogens with one attached hydrogen (secondary N) is 1. The number of imidazole rings is 1. The van der Waals surface area contributed by atoms with Gasteiger partial charge in [-0.15, -0.1) is 0 Å². The van der Waals surface area contributed by atoms with E-state index in [1.165, 1.54) is 12.1 Å². The Morgan fingerprint density at radius 3 is 2.80 bits per heavy atom. The Bertz CT molecular complexity index is 687. The van der Waals surface area contributed by atoms with Gasteiger partial charge in [-0.2, -0.15) is 0 Å². The van der Waals surface area contributed by atoms with E-state index in [9.17, 15) is 8.42 Å². The van der Waals surface area contributed by atoms with Crippen LogP contribution in [0.1, 0.15) is 6.92 Å². The fourth-order valence-corrected chi connectivity index (χ4v) is 3.76. The summed E-state index contributed by atoms with van der Waals surface area (Å²) >= 11 is 11.8. The van der Waals surface area contributed by atoms with E-state index in [4.69, 9.17) is 23.2 Å². The summed E-state index contributed by atoms with van der Waals surface area (Å²) in [4.78, 5) is 3.88. The van der Waals surface area contributed by atoms with Gasteiger partial charge < -0.3 is 4.57 Å². The van der Waals surface area contributed by atoms with E-state index < -0.39 is 10.0 Å². The van der Waals surface area contributed by atoms with Gasteiger partial charge in [0.1, 0.15) is 4.90 Å². The zero-order valence-corrected chi connectivity index (χ0v) is 13.0. The molecule has 1 aromatic heterocycles. The summed E-state index contributed by atoms with van der Waals surface area (Å²) < 4.78 is 28.9. The highest BCUT2D eigenvalue weighted by atomic mass is 35.5. The Morgan fingerprint density at radius 2 is 2.15 bits per heavy atom. The van der Waals surface area contributed by atoms with Crippen LogP contribution in [0.25, 0.3) is 0 Å². The maximum atomic E-state index is 12.3. The second kappa shape index (κ2) is 6.13. The van der Waals surface area contributed by atoms with Crippen molar-refractivity contribution in [1.29, 1.82) is 0 Å². The number of halogens is 2. The van der Waals surface area contributed by atoms with Crippen LogP contribution in [0.3, 0.4) is 0 Å². The predicted octanol–water partition coefficient (Wildman–Crippen LogP) is 2.56. The number of aromatic nitrogens is 2. The first-order valence-corrected chi connectivity index (χ1v) is 8.06. The minimum atomic E-state index is -3.72. The largest absolute Gasteiger partial charge is 0.336 e. The average molecular weight is 334 g/mol. The van der Waals surface area contributed by atoms with E-state index in [-0.39, 0.29) is 21.0 Å². The third kappa shape index (κ3) is 3.52. The summed E-state index contributed by atoms with van der Waals surface area (Å²) in [5.41, 5.74) is 0. The van der Waals surface area contributed by atoms with Crippen LogP contribution in [-0.4, -0.2) is 24.0 Å². The summed E-state index contributed by atoms with van der Waals surface area (Å²) in [6.07, 6.45) is 5.02. The summed E-state index contributed by atoms with van der Waals surface area (Å²) in [6, 6.07) is 4.19. The molecule has 0 radical (unpaired) electrons. The molecule has 1 aromatic carbocycles. The van der Waals surface area contributed by atoms with Crippen LogP contribution in [0.5, 0.6) is 0 Å². The number of sulfonamides is 1. The van der Waals surface area contributed by atoms with Crippen LogP contribution in [0, 0.1) is 0 Å². The molecule has 2 rings (SSSR count). The third-order valence-corrected chi connectivity index (χ3v) is 5.17. The topological polar surface area (TPSA) is 64.0 Å². The van der Waals surface area contributed by atoms with Crippen LogP contribution in [0.4, 0.5) is 0 Å². The zero-order chi connectivity index (χ0) is 14.8. The molecule has 0 fully saturated rings. The second-order valence-electron chi connectivity index (χ2n) is 4.33. The molecule has 5 nitrogen and oxygen atoms in total. The lowest BCUT2D eigenvalue weighted by molar-refractivity contribution is 0.520. The van der Waals surface area contributed by atoms with Gasteiger partial charge in [0.2, 0.25) is 10.0 Å². The van der Waals surface area contributed by atoms with E-state index in [2.05, 4.69) is 9.71 Å². The second-order valence-corrected chi connectivity index (χ2v) is 6.80. The number of benzene rings is 1. The number of rotatable bonds is 5. The Morgan fingerprint density at radius 1 is 1.40 bits per heavy atom. The molecule has 0 saturated heterocycles. The highest BCUT2D eigenvalue weighted by molar-refractivity contribution is 7.89. The molecule has 0 saturated carbocycles. The van der Waals surface area contributed by atoms with Crippen molar-refractivity contribution >= 4 is 33.2 Å². The molecule has 108 valence electrons. The van der Waals surface area contributed by atoms with Gasteiger partial charge in [0.25, 0.3) is 0 Å². The molecule has 1 unspecified atom stereocenters. The predicted molar refractivity (Wildman–Crippen MR) is 78.5 cm³/mol. The van der Waals surface area contributed by atoms with Gasteiger partial charge in [0.05, 0.1) is 16.4 Å². The molecular formula is C12H13Cl2N3O2S. The van der Waals surface area contributed by atoms with Gasteiger partial charge >= 0.3 is 0 Å². The Hall–Kier alpha value is -1.08. The molecule has 1 heterocycles. The van der Waals surface area contributed by atoms with Gasteiger partial charge in [0, 0.05) is 25.0 Å². The van der Waals surface area contributed by atoms with Crippen molar-refractivity contribution in [3.8, 4) is 0 Å². The highest BCUT2D eigenvalue weighted by Crippen LogP contribution is 2.28. The van der Waals surface area contributed by atoms with Crippen LogP contribution in [0.2, 0.25) is 10.0 Å². The van der Waals surface area contributed by atoms with Crippen LogP contribution < -0.4 is 4.72 Å². The molecular weight excluding hydrogens is 321 g/mol. The van der Waals surface area contributed by atoms with Gasteiger partial charge in [-0.3, -0.25) is 0 Å². The highest BCUT2D eigenvalue weighted by Gasteiger charge is 2.21. The van der Waals surface area contributed by atoms with E-state index in [0.717, 1.165) is 0 Å². The van der Waals surface area contributed by atoms with Gasteiger partial charge in [-0.25, -0.2) is 18.1 Å². The smallest absolute Gasteiger partial charge is 0.242 e. The maximum absolute atomic E-state index is 12.3. The van der Waals surface area contributed by atoms with Crippen molar-refractivity contribution in [2.45, 2.75) is 24.4 Å². The quantitative estimate of drug-likeness (QED) is 0.914. The van der Waals surface area contributed by atoms with Crippen LogP contribution in [0.15, 0.2) is 41.8 Å². The minimum absolute atomic E-state index is 0.0239. The van der Waals surface area contributed by atoms with Crippen molar-refractivity contribution in [2.24, 2.45) is 0 Å².